The van der Waals surface area contributed by atoms with Crippen LogP contribution in [0.1, 0.15) is 19.3 Å². The summed E-state index contributed by atoms with van der Waals surface area (Å²) in [6.07, 6.45) is 4.31. The number of carbonyl (C=O) groups is 1. The van der Waals surface area contributed by atoms with Crippen LogP contribution in [0.25, 0.3) is 11.3 Å². The number of benzene rings is 1. The van der Waals surface area contributed by atoms with Crippen LogP contribution in [-0.2, 0) is 4.79 Å². The van der Waals surface area contributed by atoms with Gasteiger partial charge < -0.3 is 15.5 Å². The highest BCUT2D eigenvalue weighted by Gasteiger charge is 2.38. The molecule has 1 amide bonds. The third-order valence-corrected chi connectivity index (χ3v) is 5.14. The van der Waals surface area contributed by atoms with Crippen LogP contribution >= 0.6 is 0 Å². The number of likely N-dealkylation sites (tertiary alicyclic amines) is 1. The van der Waals surface area contributed by atoms with Crippen molar-refractivity contribution in [3.05, 3.63) is 42.7 Å². The SMILES string of the molecule is N[C@H]1CN(c2cc(-c3ccccc3)ncn2)C[C@@H]1N1CCCCC1=O. The van der Waals surface area contributed by atoms with Gasteiger partial charge >= 0.3 is 0 Å². The molecule has 1 aromatic carbocycles. The Balaban J connectivity index is 1.54. The molecule has 0 spiro atoms. The number of piperidine rings is 1. The lowest BCUT2D eigenvalue weighted by Gasteiger charge is -2.34. The Bertz CT molecular complexity index is 750. The van der Waals surface area contributed by atoms with Gasteiger partial charge in [-0.3, -0.25) is 4.79 Å². The average molecular weight is 337 g/mol. The highest BCUT2D eigenvalue weighted by atomic mass is 16.2. The van der Waals surface area contributed by atoms with Crippen LogP contribution in [0.4, 0.5) is 5.82 Å². The van der Waals surface area contributed by atoms with E-state index in [9.17, 15) is 4.79 Å². The van der Waals surface area contributed by atoms with E-state index in [-0.39, 0.29) is 18.0 Å². The molecule has 2 aliphatic rings. The first-order valence-electron chi connectivity index (χ1n) is 8.90. The molecule has 2 saturated heterocycles. The fourth-order valence-electron chi connectivity index (χ4n) is 3.79. The zero-order valence-electron chi connectivity index (χ0n) is 14.2. The molecule has 0 aliphatic carbocycles. The summed E-state index contributed by atoms with van der Waals surface area (Å²) in [5.74, 6) is 1.11. The molecule has 2 N–H and O–H groups in total. The second-order valence-electron chi connectivity index (χ2n) is 6.81. The smallest absolute Gasteiger partial charge is 0.222 e. The number of nitrogens with two attached hydrogens (primary N) is 1. The number of nitrogens with zero attached hydrogens (tertiary/aromatic N) is 4. The van der Waals surface area contributed by atoms with Crippen LogP contribution in [-0.4, -0.2) is 52.5 Å². The van der Waals surface area contributed by atoms with Gasteiger partial charge in [-0.25, -0.2) is 9.97 Å². The van der Waals surface area contributed by atoms with E-state index >= 15 is 0 Å². The van der Waals surface area contributed by atoms with E-state index in [1.54, 1.807) is 6.33 Å². The molecule has 6 nitrogen and oxygen atoms in total. The molecule has 0 radical (unpaired) electrons. The van der Waals surface area contributed by atoms with Crippen molar-refractivity contribution in [2.75, 3.05) is 24.5 Å². The highest BCUT2D eigenvalue weighted by Crippen LogP contribution is 2.26. The normalized spacial score (nSPS) is 24.0. The fraction of sp³-hybridized carbons (Fsp3) is 0.421. The molecule has 2 fully saturated rings. The highest BCUT2D eigenvalue weighted by molar-refractivity contribution is 5.77. The minimum absolute atomic E-state index is 0.0443. The third kappa shape index (κ3) is 3.22. The van der Waals surface area contributed by atoms with Gasteiger partial charge in [-0.05, 0) is 12.8 Å². The lowest BCUT2D eigenvalue weighted by Crippen LogP contribution is -2.51. The van der Waals surface area contributed by atoms with Crippen LogP contribution in [0.3, 0.4) is 0 Å². The summed E-state index contributed by atoms with van der Waals surface area (Å²) < 4.78 is 0. The second-order valence-corrected chi connectivity index (χ2v) is 6.81. The molecule has 4 rings (SSSR count). The zero-order valence-corrected chi connectivity index (χ0v) is 14.2. The van der Waals surface area contributed by atoms with Crippen LogP contribution in [0, 0.1) is 0 Å². The van der Waals surface area contributed by atoms with E-state index in [1.807, 2.05) is 41.3 Å². The number of amides is 1. The number of hydrogen-bond donors (Lipinski definition) is 1. The maximum absolute atomic E-state index is 12.2. The Morgan fingerprint density at radius 1 is 1.08 bits per heavy atom. The summed E-state index contributed by atoms with van der Waals surface area (Å²) in [4.78, 5) is 25.2. The predicted octanol–water partition coefficient (Wildman–Crippen LogP) is 1.67. The molecular weight excluding hydrogens is 314 g/mol. The maximum atomic E-state index is 12.2. The van der Waals surface area contributed by atoms with Crippen molar-refractivity contribution in [2.45, 2.75) is 31.3 Å². The van der Waals surface area contributed by atoms with E-state index in [4.69, 9.17) is 5.73 Å². The summed E-state index contributed by atoms with van der Waals surface area (Å²) in [7, 11) is 0. The summed E-state index contributed by atoms with van der Waals surface area (Å²) >= 11 is 0. The minimum Gasteiger partial charge on any atom is -0.353 e. The first-order chi connectivity index (χ1) is 12.2. The quantitative estimate of drug-likeness (QED) is 0.922. The molecule has 2 aromatic rings. The topological polar surface area (TPSA) is 75.3 Å². The number of aromatic nitrogens is 2. The number of hydrogen-bond acceptors (Lipinski definition) is 5. The van der Waals surface area contributed by atoms with E-state index in [0.29, 0.717) is 13.0 Å². The Morgan fingerprint density at radius 3 is 2.72 bits per heavy atom. The van der Waals surface area contributed by atoms with Gasteiger partial charge in [0.05, 0.1) is 11.7 Å². The van der Waals surface area contributed by atoms with Crippen molar-refractivity contribution < 1.29 is 4.79 Å². The van der Waals surface area contributed by atoms with Crippen molar-refractivity contribution in [1.82, 2.24) is 14.9 Å². The minimum atomic E-state index is -0.0443. The lowest BCUT2D eigenvalue weighted by atomic mass is 10.1. The molecule has 0 saturated carbocycles. The molecule has 0 unspecified atom stereocenters. The third-order valence-electron chi connectivity index (χ3n) is 5.14. The molecule has 2 atom stereocenters. The van der Waals surface area contributed by atoms with Gasteiger partial charge in [-0.1, -0.05) is 30.3 Å². The first kappa shape index (κ1) is 16.0. The van der Waals surface area contributed by atoms with Gasteiger partial charge in [0.2, 0.25) is 5.91 Å². The summed E-state index contributed by atoms with van der Waals surface area (Å²) in [5, 5.41) is 0. The summed E-state index contributed by atoms with van der Waals surface area (Å²) in [6.45, 7) is 2.27. The number of anilines is 1. The number of carbonyl (C=O) groups excluding carboxylic acids is 1. The Hall–Kier alpha value is -2.47. The molecule has 0 bridgehead atoms. The van der Waals surface area contributed by atoms with Crippen LogP contribution in [0.5, 0.6) is 0 Å². The van der Waals surface area contributed by atoms with Crippen molar-refractivity contribution in [1.29, 1.82) is 0 Å². The Morgan fingerprint density at radius 2 is 1.92 bits per heavy atom. The zero-order chi connectivity index (χ0) is 17.2. The van der Waals surface area contributed by atoms with Gasteiger partial charge in [0, 0.05) is 43.7 Å². The molecule has 25 heavy (non-hydrogen) atoms. The first-order valence-corrected chi connectivity index (χ1v) is 8.90. The molecule has 1 aromatic heterocycles. The number of rotatable bonds is 3. The Kier molecular flexibility index (Phi) is 4.36. The Labute approximate surface area is 147 Å². The second kappa shape index (κ2) is 6.80. The van der Waals surface area contributed by atoms with Gasteiger partial charge in [0.15, 0.2) is 0 Å². The average Bonchev–Trinajstić information content (AvgIpc) is 3.05. The largest absolute Gasteiger partial charge is 0.353 e. The van der Waals surface area contributed by atoms with Crippen LogP contribution < -0.4 is 10.6 Å². The van der Waals surface area contributed by atoms with Crippen LogP contribution in [0.15, 0.2) is 42.7 Å². The van der Waals surface area contributed by atoms with Crippen LogP contribution in [0.2, 0.25) is 0 Å². The van der Waals surface area contributed by atoms with Gasteiger partial charge in [-0.15, -0.1) is 0 Å². The maximum Gasteiger partial charge on any atom is 0.222 e. The van der Waals surface area contributed by atoms with Gasteiger partial charge in [0.25, 0.3) is 0 Å². The summed E-state index contributed by atoms with van der Waals surface area (Å²) in [6, 6.07) is 12.1. The van der Waals surface area contributed by atoms with Crippen molar-refractivity contribution >= 4 is 11.7 Å². The molecule has 6 heteroatoms. The molecule has 130 valence electrons. The van der Waals surface area contributed by atoms with Gasteiger partial charge in [0.1, 0.15) is 12.1 Å². The van der Waals surface area contributed by atoms with E-state index < -0.39 is 0 Å². The predicted molar refractivity (Wildman–Crippen MR) is 97.0 cm³/mol. The van der Waals surface area contributed by atoms with Crippen molar-refractivity contribution in [3.63, 3.8) is 0 Å². The lowest BCUT2D eigenvalue weighted by molar-refractivity contribution is -0.135. The monoisotopic (exact) mass is 337 g/mol. The van der Waals surface area contributed by atoms with Crippen molar-refractivity contribution in [3.8, 4) is 11.3 Å². The molecular formula is C19H23N5O. The molecule has 2 aliphatic heterocycles. The van der Waals surface area contributed by atoms with E-state index in [1.165, 1.54) is 0 Å². The fourth-order valence-corrected chi connectivity index (χ4v) is 3.79. The molecule has 3 heterocycles. The van der Waals surface area contributed by atoms with Gasteiger partial charge in [-0.2, -0.15) is 0 Å². The van der Waals surface area contributed by atoms with E-state index in [0.717, 1.165) is 43.0 Å². The summed E-state index contributed by atoms with van der Waals surface area (Å²) in [5.41, 5.74) is 8.34. The van der Waals surface area contributed by atoms with Crippen molar-refractivity contribution in [2.24, 2.45) is 5.73 Å². The standard InChI is InChI=1S/C19H23N5O/c20-15-11-23(12-17(15)24-9-5-4-8-19(24)25)18-10-16(21-13-22-18)14-6-2-1-3-7-14/h1-3,6-7,10,13,15,17H,4-5,8-9,11-12,20H2/t15-,17-/m0/s1. The van der Waals surface area contributed by atoms with E-state index in [2.05, 4.69) is 14.9 Å².